The van der Waals surface area contributed by atoms with Crippen molar-refractivity contribution in [2.45, 2.75) is 38.9 Å². The Labute approximate surface area is 109 Å². The van der Waals surface area contributed by atoms with Gasteiger partial charge in [0.2, 0.25) is 0 Å². The second-order valence-corrected chi connectivity index (χ2v) is 5.30. The minimum Gasteiger partial charge on any atom is -0.393 e. The molecule has 1 fully saturated rings. The number of piperidine rings is 1. The van der Waals surface area contributed by atoms with Crippen LogP contribution in [0, 0.1) is 5.92 Å². The van der Waals surface area contributed by atoms with Crippen LogP contribution in [0.15, 0.2) is 24.3 Å². The van der Waals surface area contributed by atoms with E-state index in [4.69, 9.17) is 0 Å². The quantitative estimate of drug-likeness (QED) is 0.864. The van der Waals surface area contributed by atoms with Crippen molar-refractivity contribution in [2.75, 3.05) is 18.0 Å². The SMILES string of the molecule is CC(O)C1CCN(c2ccccc2[C@@H](C)O)CC1. The Kier molecular flexibility index (Phi) is 4.25. The molecular formula is C15H23NO2. The predicted octanol–water partition coefficient (Wildman–Crippen LogP) is 2.34. The predicted molar refractivity (Wildman–Crippen MR) is 73.7 cm³/mol. The van der Waals surface area contributed by atoms with E-state index in [0.717, 1.165) is 37.2 Å². The highest BCUT2D eigenvalue weighted by Crippen LogP contribution is 2.30. The highest BCUT2D eigenvalue weighted by molar-refractivity contribution is 5.54. The summed E-state index contributed by atoms with van der Waals surface area (Å²) in [6, 6.07) is 8.04. The zero-order valence-corrected chi connectivity index (χ0v) is 11.2. The smallest absolute Gasteiger partial charge is 0.0781 e. The molecule has 3 heteroatoms. The van der Waals surface area contributed by atoms with E-state index in [1.54, 1.807) is 6.92 Å². The molecule has 100 valence electrons. The van der Waals surface area contributed by atoms with Crippen molar-refractivity contribution < 1.29 is 10.2 Å². The molecule has 3 nitrogen and oxygen atoms in total. The molecule has 1 aromatic rings. The Morgan fingerprint density at radius 1 is 1.11 bits per heavy atom. The van der Waals surface area contributed by atoms with E-state index in [1.165, 1.54) is 0 Å². The number of hydrogen-bond acceptors (Lipinski definition) is 3. The molecular weight excluding hydrogens is 226 g/mol. The number of aliphatic hydroxyl groups excluding tert-OH is 2. The molecule has 0 aromatic heterocycles. The van der Waals surface area contributed by atoms with Gasteiger partial charge in [-0.3, -0.25) is 0 Å². The van der Waals surface area contributed by atoms with E-state index in [1.807, 2.05) is 25.1 Å². The highest BCUT2D eigenvalue weighted by atomic mass is 16.3. The standard InChI is InChI=1S/C15H23NO2/c1-11(17)13-7-9-16(10-8-13)15-6-4-3-5-14(15)12(2)18/h3-6,11-13,17-18H,7-10H2,1-2H3/t11?,12-/m1/s1. The van der Waals surface area contributed by atoms with Crippen LogP contribution in [0.3, 0.4) is 0 Å². The van der Waals surface area contributed by atoms with E-state index in [9.17, 15) is 10.2 Å². The molecule has 18 heavy (non-hydrogen) atoms. The lowest BCUT2D eigenvalue weighted by Crippen LogP contribution is -2.37. The van der Waals surface area contributed by atoms with Gasteiger partial charge in [-0.2, -0.15) is 0 Å². The maximum absolute atomic E-state index is 9.81. The maximum atomic E-state index is 9.81. The molecule has 0 radical (unpaired) electrons. The lowest BCUT2D eigenvalue weighted by atomic mass is 9.91. The van der Waals surface area contributed by atoms with Gasteiger partial charge >= 0.3 is 0 Å². The molecule has 0 amide bonds. The van der Waals surface area contributed by atoms with Crippen molar-refractivity contribution >= 4 is 5.69 Å². The fourth-order valence-electron chi connectivity index (χ4n) is 2.75. The Bertz CT molecular complexity index is 382. The number of anilines is 1. The average molecular weight is 249 g/mol. The van der Waals surface area contributed by atoms with Crippen molar-refractivity contribution in [2.24, 2.45) is 5.92 Å². The number of benzene rings is 1. The Hall–Kier alpha value is -1.06. The van der Waals surface area contributed by atoms with Crippen LogP contribution in [-0.4, -0.2) is 29.4 Å². The summed E-state index contributed by atoms with van der Waals surface area (Å²) in [6.45, 7) is 5.60. The summed E-state index contributed by atoms with van der Waals surface area (Å²) in [6.07, 6.45) is 1.40. The molecule has 1 aromatic carbocycles. The van der Waals surface area contributed by atoms with E-state index in [2.05, 4.69) is 11.0 Å². The summed E-state index contributed by atoms with van der Waals surface area (Å²) in [5.41, 5.74) is 2.13. The summed E-state index contributed by atoms with van der Waals surface area (Å²) < 4.78 is 0. The minimum atomic E-state index is -0.435. The van der Waals surface area contributed by atoms with E-state index >= 15 is 0 Å². The monoisotopic (exact) mass is 249 g/mol. The van der Waals surface area contributed by atoms with E-state index < -0.39 is 6.10 Å². The fraction of sp³-hybridized carbons (Fsp3) is 0.600. The van der Waals surface area contributed by atoms with Gasteiger partial charge in [-0.1, -0.05) is 18.2 Å². The van der Waals surface area contributed by atoms with Crippen LogP contribution in [-0.2, 0) is 0 Å². The first-order chi connectivity index (χ1) is 8.59. The number of rotatable bonds is 3. The van der Waals surface area contributed by atoms with Crippen molar-refractivity contribution in [3.05, 3.63) is 29.8 Å². The molecule has 0 bridgehead atoms. The van der Waals surface area contributed by atoms with Crippen molar-refractivity contribution in [3.63, 3.8) is 0 Å². The first kappa shape index (κ1) is 13.4. The Balaban J connectivity index is 2.10. The van der Waals surface area contributed by atoms with Crippen LogP contribution < -0.4 is 4.90 Å². The van der Waals surface area contributed by atoms with Gasteiger partial charge in [0.25, 0.3) is 0 Å². The van der Waals surface area contributed by atoms with Gasteiger partial charge < -0.3 is 15.1 Å². The van der Waals surface area contributed by atoms with Crippen LogP contribution in [0.4, 0.5) is 5.69 Å². The fourth-order valence-corrected chi connectivity index (χ4v) is 2.75. The van der Waals surface area contributed by atoms with Gasteiger partial charge in [-0.05, 0) is 38.7 Å². The van der Waals surface area contributed by atoms with Gasteiger partial charge in [-0.25, -0.2) is 0 Å². The third-order valence-electron chi connectivity index (χ3n) is 3.95. The molecule has 0 spiro atoms. The topological polar surface area (TPSA) is 43.7 Å². The third-order valence-corrected chi connectivity index (χ3v) is 3.95. The van der Waals surface area contributed by atoms with Gasteiger partial charge in [0, 0.05) is 24.3 Å². The summed E-state index contributed by atoms with van der Waals surface area (Å²) in [7, 11) is 0. The molecule has 2 rings (SSSR count). The minimum absolute atomic E-state index is 0.209. The number of aliphatic hydroxyl groups is 2. The number of para-hydroxylation sites is 1. The number of hydrogen-bond donors (Lipinski definition) is 2. The van der Waals surface area contributed by atoms with Crippen LogP contribution in [0.2, 0.25) is 0 Å². The Morgan fingerprint density at radius 2 is 1.72 bits per heavy atom. The van der Waals surface area contributed by atoms with Crippen molar-refractivity contribution in [1.82, 2.24) is 0 Å². The van der Waals surface area contributed by atoms with E-state index in [-0.39, 0.29) is 6.10 Å². The van der Waals surface area contributed by atoms with Crippen LogP contribution >= 0.6 is 0 Å². The lowest BCUT2D eigenvalue weighted by Gasteiger charge is -2.36. The molecule has 1 heterocycles. The van der Waals surface area contributed by atoms with Crippen LogP contribution in [0.25, 0.3) is 0 Å². The largest absolute Gasteiger partial charge is 0.393 e. The zero-order valence-electron chi connectivity index (χ0n) is 11.2. The van der Waals surface area contributed by atoms with Gasteiger partial charge in [0.1, 0.15) is 0 Å². The highest BCUT2D eigenvalue weighted by Gasteiger charge is 2.24. The van der Waals surface area contributed by atoms with Crippen LogP contribution in [0.5, 0.6) is 0 Å². The summed E-state index contributed by atoms with van der Waals surface area (Å²) in [5, 5.41) is 19.4. The lowest BCUT2D eigenvalue weighted by molar-refractivity contribution is 0.109. The van der Waals surface area contributed by atoms with Gasteiger partial charge in [-0.15, -0.1) is 0 Å². The van der Waals surface area contributed by atoms with Gasteiger partial charge in [0.05, 0.1) is 12.2 Å². The molecule has 1 aliphatic heterocycles. The Morgan fingerprint density at radius 3 is 2.28 bits per heavy atom. The molecule has 2 atom stereocenters. The first-order valence-corrected chi connectivity index (χ1v) is 6.79. The molecule has 1 aliphatic rings. The van der Waals surface area contributed by atoms with Gasteiger partial charge in [0.15, 0.2) is 0 Å². The number of nitrogens with zero attached hydrogens (tertiary/aromatic N) is 1. The van der Waals surface area contributed by atoms with Crippen molar-refractivity contribution in [1.29, 1.82) is 0 Å². The second-order valence-electron chi connectivity index (χ2n) is 5.30. The summed E-state index contributed by atoms with van der Waals surface area (Å²) >= 11 is 0. The normalized spacial score (nSPS) is 20.8. The molecule has 0 saturated carbocycles. The first-order valence-electron chi connectivity index (χ1n) is 6.79. The zero-order chi connectivity index (χ0) is 13.1. The molecule has 0 aliphatic carbocycles. The second kappa shape index (κ2) is 5.72. The average Bonchev–Trinajstić information content (AvgIpc) is 2.39. The molecule has 2 N–H and O–H groups in total. The summed E-state index contributed by atoms with van der Waals surface area (Å²) in [4.78, 5) is 2.32. The molecule has 1 saturated heterocycles. The maximum Gasteiger partial charge on any atom is 0.0781 e. The summed E-state index contributed by atoms with van der Waals surface area (Å²) in [5.74, 6) is 0.417. The van der Waals surface area contributed by atoms with Crippen molar-refractivity contribution in [3.8, 4) is 0 Å². The van der Waals surface area contributed by atoms with E-state index in [0.29, 0.717) is 5.92 Å². The van der Waals surface area contributed by atoms with Crippen LogP contribution in [0.1, 0.15) is 38.4 Å². The third kappa shape index (κ3) is 2.85. The molecule has 1 unspecified atom stereocenters.